The second kappa shape index (κ2) is 12.6. The first-order valence-corrected chi connectivity index (χ1v) is 20.9. The lowest BCUT2D eigenvalue weighted by Crippen LogP contribution is -2.26. The van der Waals surface area contributed by atoms with Gasteiger partial charge in [-0.3, -0.25) is 0 Å². The summed E-state index contributed by atoms with van der Waals surface area (Å²) in [6.45, 7) is 0. The molecule has 1 heteroatoms. The molecular weight excluding hydrogens is 723 g/mol. The molecule has 0 bridgehead atoms. The molecule has 278 valence electrons. The number of nitrogens with zero attached hydrogens (tertiary/aromatic N) is 1. The fourth-order valence-electron chi connectivity index (χ4n) is 10.9. The van der Waals surface area contributed by atoms with Gasteiger partial charge in [-0.1, -0.05) is 194 Å². The van der Waals surface area contributed by atoms with Crippen LogP contribution in [0.4, 0.5) is 17.1 Å². The van der Waals surface area contributed by atoms with Crippen molar-refractivity contribution in [3.63, 3.8) is 0 Å². The lowest BCUT2D eigenvalue weighted by atomic mass is 9.70. The molecule has 0 amide bonds. The van der Waals surface area contributed by atoms with Crippen LogP contribution in [-0.2, 0) is 5.41 Å². The molecule has 0 aromatic heterocycles. The van der Waals surface area contributed by atoms with Crippen molar-refractivity contribution in [3.8, 4) is 33.4 Å². The molecule has 0 saturated carbocycles. The molecule has 11 aromatic rings. The predicted molar refractivity (Wildman–Crippen MR) is 253 cm³/mol. The first-order chi connectivity index (χ1) is 29.8. The van der Waals surface area contributed by atoms with Gasteiger partial charge in [0.2, 0.25) is 0 Å². The number of anilines is 3. The van der Waals surface area contributed by atoms with E-state index in [1.165, 1.54) is 98.7 Å². The average molecular weight is 760 g/mol. The maximum Gasteiger partial charge on any atom is 0.0726 e. The normalized spacial score (nSPS) is 13.1. The molecule has 1 nitrogen and oxygen atoms in total. The second-order valence-corrected chi connectivity index (χ2v) is 16.4. The van der Waals surface area contributed by atoms with Crippen LogP contribution in [-0.4, -0.2) is 0 Å². The summed E-state index contributed by atoms with van der Waals surface area (Å²) in [6.07, 6.45) is 0. The van der Waals surface area contributed by atoms with Crippen LogP contribution in [0.2, 0.25) is 0 Å². The summed E-state index contributed by atoms with van der Waals surface area (Å²) in [7, 11) is 0. The molecule has 13 rings (SSSR count). The zero-order chi connectivity index (χ0) is 39.4. The van der Waals surface area contributed by atoms with Gasteiger partial charge < -0.3 is 4.90 Å². The van der Waals surface area contributed by atoms with Crippen LogP contribution in [0.1, 0.15) is 22.3 Å². The van der Waals surface area contributed by atoms with Crippen molar-refractivity contribution in [3.05, 3.63) is 247 Å². The van der Waals surface area contributed by atoms with E-state index < -0.39 is 5.41 Å². The van der Waals surface area contributed by atoms with Gasteiger partial charge in [-0.2, -0.15) is 0 Å². The monoisotopic (exact) mass is 759 g/mol. The van der Waals surface area contributed by atoms with Crippen LogP contribution in [0.15, 0.2) is 224 Å². The number of hydrogen-bond donors (Lipinski definition) is 0. The van der Waals surface area contributed by atoms with E-state index in [4.69, 9.17) is 0 Å². The molecule has 1 spiro atoms. The van der Waals surface area contributed by atoms with Crippen LogP contribution < -0.4 is 4.90 Å². The average Bonchev–Trinajstić information content (AvgIpc) is 3.79. The maximum atomic E-state index is 2.50. The Bertz CT molecular complexity index is 3470. The molecule has 0 heterocycles. The molecule has 0 unspecified atom stereocenters. The van der Waals surface area contributed by atoms with Gasteiger partial charge in [0.25, 0.3) is 0 Å². The molecule has 0 saturated heterocycles. The smallest absolute Gasteiger partial charge is 0.0726 e. The molecule has 0 fully saturated rings. The lowest BCUT2D eigenvalue weighted by molar-refractivity contribution is 0.793. The van der Waals surface area contributed by atoms with Crippen molar-refractivity contribution in [2.24, 2.45) is 0 Å². The minimum Gasteiger partial charge on any atom is -0.310 e. The zero-order valence-corrected chi connectivity index (χ0v) is 32.8. The summed E-state index contributed by atoms with van der Waals surface area (Å²) in [5, 5.41) is 10.1. The van der Waals surface area contributed by atoms with E-state index in [2.05, 4.69) is 229 Å². The highest BCUT2D eigenvalue weighted by Gasteiger charge is 2.51. The van der Waals surface area contributed by atoms with E-state index in [-0.39, 0.29) is 0 Å². The van der Waals surface area contributed by atoms with Crippen molar-refractivity contribution in [1.29, 1.82) is 0 Å². The van der Waals surface area contributed by atoms with E-state index in [1.807, 2.05) is 0 Å². The Morgan fingerprint density at radius 1 is 0.283 bits per heavy atom. The van der Waals surface area contributed by atoms with Crippen LogP contribution in [0, 0.1) is 0 Å². The fraction of sp³-hybridized carbons (Fsp3) is 0.0169. The Labute approximate surface area is 349 Å². The summed E-state index contributed by atoms with van der Waals surface area (Å²) in [4.78, 5) is 2.50. The van der Waals surface area contributed by atoms with E-state index >= 15 is 0 Å². The van der Waals surface area contributed by atoms with Crippen LogP contribution >= 0.6 is 0 Å². The number of hydrogen-bond acceptors (Lipinski definition) is 1. The van der Waals surface area contributed by atoms with Crippen molar-refractivity contribution in [1.82, 2.24) is 0 Å². The fourth-order valence-corrected chi connectivity index (χ4v) is 10.9. The standard InChI is InChI=1S/C59H37N/c1-2-13-38(14-3-1)39-29-32-43(33-30-39)60(56-24-12-20-51-50(56)35-31-42-28-27-41-26-25-40-15-4-5-16-45(40)57(41)58(42)51)44-34-36-49-48-19-8-11-23-54(48)59(55(49)37-44)52-21-9-6-17-46(52)47-18-7-10-22-53(47)59/h1-37H. The van der Waals surface area contributed by atoms with Gasteiger partial charge in [0.05, 0.1) is 11.1 Å². The minimum atomic E-state index is -0.438. The zero-order valence-electron chi connectivity index (χ0n) is 32.8. The SMILES string of the molecule is c1ccc(-c2ccc(N(c3ccc4c(c3)C3(c5ccccc5-c5ccccc53)c3ccccc3-4)c3cccc4c3ccc3ccc5ccc6ccccc6c5c34)cc2)cc1. The Hall–Kier alpha value is -7.74. The largest absolute Gasteiger partial charge is 0.310 e. The Balaban J connectivity index is 1.10. The predicted octanol–water partition coefficient (Wildman–Crippen LogP) is 15.8. The maximum absolute atomic E-state index is 2.50. The third-order valence-electron chi connectivity index (χ3n) is 13.4. The van der Waals surface area contributed by atoms with Crippen molar-refractivity contribution in [2.45, 2.75) is 5.41 Å². The van der Waals surface area contributed by atoms with Gasteiger partial charge in [0, 0.05) is 16.8 Å². The second-order valence-electron chi connectivity index (χ2n) is 16.4. The van der Waals surface area contributed by atoms with Gasteiger partial charge in [0.15, 0.2) is 0 Å². The summed E-state index contributed by atoms with van der Waals surface area (Å²) >= 11 is 0. The van der Waals surface area contributed by atoms with Gasteiger partial charge >= 0.3 is 0 Å². The van der Waals surface area contributed by atoms with Crippen molar-refractivity contribution < 1.29 is 0 Å². The number of fused-ring (bicyclic) bond motifs is 17. The Morgan fingerprint density at radius 2 is 0.783 bits per heavy atom. The molecule has 0 N–H and O–H groups in total. The first-order valence-electron chi connectivity index (χ1n) is 20.9. The molecule has 11 aromatic carbocycles. The third kappa shape index (κ3) is 4.52. The van der Waals surface area contributed by atoms with Crippen LogP contribution in [0.5, 0.6) is 0 Å². The van der Waals surface area contributed by atoms with Crippen molar-refractivity contribution >= 4 is 60.2 Å². The molecule has 60 heavy (non-hydrogen) atoms. The summed E-state index contributed by atoms with van der Waals surface area (Å²) < 4.78 is 0. The van der Waals surface area contributed by atoms with Gasteiger partial charge in [-0.15, -0.1) is 0 Å². The lowest BCUT2D eigenvalue weighted by Gasteiger charge is -2.32. The Morgan fingerprint density at radius 3 is 1.47 bits per heavy atom. The molecule has 0 aliphatic heterocycles. The molecule has 0 atom stereocenters. The molecular formula is C59H37N. The number of benzene rings is 11. The highest BCUT2D eigenvalue weighted by Crippen LogP contribution is 2.63. The van der Waals surface area contributed by atoms with Crippen LogP contribution in [0.25, 0.3) is 76.5 Å². The molecule has 2 aliphatic carbocycles. The minimum absolute atomic E-state index is 0.438. The highest BCUT2D eigenvalue weighted by atomic mass is 15.1. The quantitative estimate of drug-likeness (QED) is 0.162. The van der Waals surface area contributed by atoms with E-state index in [1.54, 1.807) is 0 Å². The molecule has 2 aliphatic rings. The summed E-state index contributed by atoms with van der Waals surface area (Å²) in [5.74, 6) is 0. The summed E-state index contributed by atoms with van der Waals surface area (Å²) in [6, 6.07) is 83.7. The highest BCUT2D eigenvalue weighted by molar-refractivity contribution is 6.28. The first kappa shape index (κ1) is 33.3. The van der Waals surface area contributed by atoms with E-state index in [9.17, 15) is 0 Å². The van der Waals surface area contributed by atoms with Crippen LogP contribution in [0.3, 0.4) is 0 Å². The van der Waals surface area contributed by atoms with Crippen molar-refractivity contribution in [2.75, 3.05) is 4.90 Å². The van der Waals surface area contributed by atoms with Gasteiger partial charge in [-0.25, -0.2) is 0 Å². The van der Waals surface area contributed by atoms with E-state index in [0.717, 1.165) is 17.1 Å². The third-order valence-corrected chi connectivity index (χ3v) is 13.4. The topological polar surface area (TPSA) is 3.24 Å². The van der Waals surface area contributed by atoms with E-state index in [0.29, 0.717) is 0 Å². The Kier molecular flexibility index (Phi) is 7.00. The van der Waals surface area contributed by atoms with Gasteiger partial charge in [0.1, 0.15) is 0 Å². The molecule has 0 radical (unpaired) electrons. The van der Waals surface area contributed by atoms with Gasteiger partial charge in [-0.05, 0) is 124 Å². The number of rotatable bonds is 4. The summed E-state index contributed by atoms with van der Waals surface area (Å²) in [5.41, 5.74) is 16.0.